The van der Waals surface area contributed by atoms with Crippen LogP contribution in [0.15, 0.2) is 24.3 Å². The number of nitrogens with one attached hydrogen (secondary N) is 1. The van der Waals surface area contributed by atoms with Gasteiger partial charge in [0, 0.05) is 34.2 Å². The molecule has 20 heavy (non-hydrogen) atoms. The highest BCUT2D eigenvalue weighted by molar-refractivity contribution is 6.31. The Labute approximate surface area is 123 Å². The molecule has 1 aromatic carbocycles. The van der Waals surface area contributed by atoms with Crippen molar-refractivity contribution in [2.45, 2.75) is 18.5 Å². The van der Waals surface area contributed by atoms with Gasteiger partial charge in [0.25, 0.3) is 0 Å². The number of likely N-dealkylation sites (N-methyl/N-ethyl adjacent to an activating group) is 1. The first-order chi connectivity index (χ1) is 9.60. The molecule has 4 nitrogen and oxygen atoms in total. The van der Waals surface area contributed by atoms with E-state index < -0.39 is 0 Å². The van der Waals surface area contributed by atoms with Gasteiger partial charge in [0.05, 0.1) is 6.04 Å². The summed E-state index contributed by atoms with van der Waals surface area (Å²) >= 11 is 6.03. The minimum atomic E-state index is 0.0775. The van der Waals surface area contributed by atoms with Gasteiger partial charge < -0.3 is 14.8 Å². The molecule has 0 bridgehead atoms. The third-order valence-corrected chi connectivity index (χ3v) is 4.36. The Morgan fingerprint density at radius 1 is 1.40 bits per heavy atom. The van der Waals surface area contributed by atoms with Crippen molar-refractivity contribution in [1.29, 1.82) is 0 Å². The third-order valence-electron chi connectivity index (χ3n) is 4.13. The number of rotatable bonds is 3. The minimum Gasteiger partial charge on any atom is -0.357 e. The van der Waals surface area contributed by atoms with E-state index in [1.807, 2.05) is 23.1 Å². The van der Waals surface area contributed by atoms with Crippen molar-refractivity contribution in [2.24, 2.45) is 0 Å². The molecule has 0 saturated carbocycles. The summed E-state index contributed by atoms with van der Waals surface area (Å²) in [5, 5.41) is 1.81. The molecule has 2 atom stereocenters. The number of hydrogen-bond acceptors (Lipinski definition) is 2. The summed E-state index contributed by atoms with van der Waals surface area (Å²) in [4.78, 5) is 18.8. The summed E-state index contributed by atoms with van der Waals surface area (Å²) in [7, 11) is 4.12. The van der Waals surface area contributed by atoms with Crippen LogP contribution < -0.4 is 0 Å². The number of aromatic nitrogens is 1. The maximum atomic E-state index is 11.3. The van der Waals surface area contributed by atoms with Gasteiger partial charge in [-0.2, -0.15) is 0 Å². The Bertz CT molecular complexity index is 637. The van der Waals surface area contributed by atoms with Gasteiger partial charge in [-0.05, 0) is 44.8 Å². The quantitative estimate of drug-likeness (QED) is 0.883. The SMILES string of the molecule is CN(C)C1CCN(C=O)C1c1cc2cc(Cl)ccc2[nH]1. The average Bonchev–Trinajstić information content (AvgIpc) is 3.00. The molecular formula is C15H18ClN3O. The normalized spacial score (nSPS) is 22.9. The molecule has 1 saturated heterocycles. The number of H-pyrrole nitrogens is 1. The van der Waals surface area contributed by atoms with E-state index in [4.69, 9.17) is 11.6 Å². The molecule has 1 amide bonds. The summed E-state index contributed by atoms with van der Waals surface area (Å²) < 4.78 is 0. The number of aromatic amines is 1. The van der Waals surface area contributed by atoms with Gasteiger partial charge in [0.15, 0.2) is 0 Å². The van der Waals surface area contributed by atoms with Crippen LogP contribution in [0.1, 0.15) is 18.2 Å². The largest absolute Gasteiger partial charge is 0.357 e. The molecule has 2 unspecified atom stereocenters. The molecule has 1 aromatic heterocycles. The Morgan fingerprint density at radius 3 is 2.90 bits per heavy atom. The molecule has 1 fully saturated rings. The Kier molecular flexibility index (Phi) is 3.44. The van der Waals surface area contributed by atoms with Crippen LogP contribution >= 0.6 is 11.6 Å². The highest BCUT2D eigenvalue weighted by Gasteiger charge is 2.36. The van der Waals surface area contributed by atoms with Crippen molar-refractivity contribution in [3.05, 3.63) is 35.0 Å². The van der Waals surface area contributed by atoms with E-state index in [1.54, 1.807) is 0 Å². The maximum Gasteiger partial charge on any atom is 0.210 e. The molecule has 1 aliphatic rings. The molecule has 106 valence electrons. The Balaban J connectivity index is 2.04. The van der Waals surface area contributed by atoms with Gasteiger partial charge in [0.1, 0.15) is 0 Å². The lowest BCUT2D eigenvalue weighted by Gasteiger charge is -2.28. The summed E-state index contributed by atoms with van der Waals surface area (Å²) in [6, 6.07) is 8.31. The lowest BCUT2D eigenvalue weighted by Crippen LogP contribution is -2.35. The number of carbonyl (C=O) groups is 1. The number of likely N-dealkylation sites (tertiary alicyclic amines) is 1. The van der Waals surface area contributed by atoms with Gasteiger partial charge in [-0.25, -0.2) is 0 Å². The predicted octanol–water partition coefficient (Wildman–Crippen LogP) is 2.65. The second-order valence-corrected chi connectivity index (χ2v) is 6.00. The maximum absolute atomic E-state index is 11.3. The zero-order chi connectivity index (χ0) is 14.3. The van der Waals surface area contributed by atoms with Crippen molar-refractivity contribution >= 4 is 28.9 Å². The number of amides is 1. The molecule has 0 radical (unpaired) electrons. The fraction of sp³-hybridized carbons (Fsp3) is 0.400. The van der Waals surface area contributed by atoms with Crippen LogP contribution in [0.2, 0.25) is 5.02 Å². The number of fused-ring (bicyclic) bond motifs is 1. The number of benzene rings is 1. The topological polar surface area (TPSA) is 39.3 Å². The number of nitrogens with zero attached hydrogens (tertiary/aromatic N) is 2. The predicted molar refractivity (Wildman–Crippen MR) is 80.9 cm³/mol. The molecule has 1 aliphatic heterocycles. The Morgan fingerprint density at radius 2 is 2.20 bits per heavy atom. The fourth-order valence-corrected chi connectivity index (χ4v) is 3.31. The average molecular weight is 292 g/mol. The van der Waals surface area contributed by atoms with Crippen LogP contribution in [0.4, 0.5) is 0 Å². The van der Waals surface area contributed by atoms with E-state index in [2.05, 4.69) is 30.0 Å². The van der Waals surface area contributed by atoms with E-state index >= 15 is 0 Å². The molecule has 0 aliphatic carbocycles. The number of halogens is 1. The molecule has 1 N–H and O–H groups in total. The van der Waals surface area contributed by atoms with E-state index in [1.165, 1.54) is 0 Å². The van der Waals surface area contributed by atoms with Crippen LogP contribution in [0.5, 0.6) is 0 Å². The molecule has 5 heteroatoms. The summed E-state index contributed by atoms with van der Waals surface area (Å²) in [6.07, 6.45) is 1.94. The van der Waals surface area contributed by atoms with Gasteiger partial charge in [-0.1, -0.05) is 11.6 Å². The van der Waals surface area contributed by atoms with Crippen LogP contribution in [-0.4, -0.2) is 47.9 Å². The standard InChI is InChI=1S/C15H18ClN3O/c1-18(2)14-5-6-19(9-20)15(14)13-8-10-7-11(16)3-4-12(10)17-13/h3-4,7-9,14-15,17H,5-6H2,1-2H3. The van der Waals surface area contributed by atoms with Crippen LogP contribution in [0, 0.1) is 0 Å². The van der Waals surface area contributed by atoms with E-state index in [0.717, 1.165) is 41.0 Å². The molecule has 0 spiro atoms. The lowest BCUT2D eigenvalue weighted by molar-refractivity contribution is -0.119. The van der Waals surface area contributed by atoms with Crippen molar-refractivity contribution in [3.8, 4) is 0 Å². The monoisotopic (exact) mass is 291 g/mol. The van der Waals surface area contributed by atoms with Crippen molar-refractivity contribution in [1.82, 2.24) is 14.8 Å². The zero-order valence-electron chi connectivity index (χ0n) is 11.6. The third kappa shape index (κ3) is 2.19. The van der Waals surface area contributed by atoms with Crippen molar-refractivity contribution < 1.29 is 4.79 Å². The fourth-order valence-electron chi connectivity index (χ4n) is 3.13. The Hall–Kier alpha value is -1.52. The van der Waals surface area contributed by atoms with Crippen LogP contribution in [0.3, 0.4) is 0 Å². The van der Waals surface area contributed by atoms with Crippen molar-refractivity contribution in [2.75, 3.05) is 20.6 Å². The lowest BCUT2D eigenvalue weighted by atomic mass is 10.0. The smallest absolute Gasteiger partial charge is 0.210 e. The molecular weight excluding hydrogens is 274 g/mol. The van der Waals surface area contributed by atoms with E-state index in [0.29, 0.717) is 6.04 Å². The first kappa shape index (κ1) is 13.5. The van der Waals surface area contributed by atoms with E-state index in [9.17, 15) is 4.79 Å². The first-order valence-electron chi connectivity index (χ1n) is 6.76. The summed E-state index contributed by atoms with van der Waals surface area (Å²) in [6.45, 7) is 0.799. The van der Waals surface area contributed by atoms with Gasteiger partial charge in [0.2, 0.25) is 6.41 Å². The van der Waals surface area contributed by atoms with Gasteiger partial charge in [-0.15, -0.1) is 0 Å². The van der Waals surface area contributed by atoms with Crippen LogP contribution in [0.25, 0.3) is 10.9 Å². The summed E-state index contributed by atoms with van der Waals surface area (Å²) in [5.41, 5.74) is 2.13. The second kappa shape index (κ2) is 5.11. The number of hydrogen-bond donors (Lipinski definition) is 1. The van der Waals surface area contributed by atoms with Crippen LogP contribution in [-0.2, 0) is 4.79 Å². The zero-order valence-corrected chi connectivity index (χ0v) is 12.4. The van der Waals surface area contributed by atoms with Crippen molar-refractivity contribution in [3.63, 3.8) is 0 Å². The number of carbonyl (C=O) groups excluding carboxylic acids is 1. The second-order valence-electron chi connectivity index (χ2n) is 5.56. The molecule has 3 rings (SSSR count). The van der Waals surface area contributed by atoms with E-state index in [-0.39, 0.29) is 6.04 Å². The van der Waals surface area contributed by atoms with Gasteiger partial charge >= 0.3 is 0 Å². The highest BCUT2D eigenvalue weighted by atomic mass is 35.5. The summed E-state index contributed by atoms with van der Waals surface area (Å²) in [5.74, 6) is 0. The highest BCUT2D eigenvalue weighted by Crippen LogP contribution is 2.35. The first-order valence-corrected chi connectivity index (χ1v) is 7.13. The molecule has 2 aromatic rings. The molecule has 2 heterocycles. The minimum absolute atomic E-state index is 0.0775. The van der Waals surface area contributed by atoms with Gasteiger partial charge in [-0.3, -0.25) is 4.79 Å².